The van der Waals surface area contributed by atoms with Crippen molar-refractivity contribution in [3.63, 3.8) is 0 Å². The summed E-state index contributed by atoms with van der Waals surface area (Å²) in [5.41, 5.74) is 1.18. The summed E-state index contributed by atoms with van der Waals surface area (Å²) in [7, 11) is 0. The van der Waals surface area contributed by atoms with Crippen LogP contribution in [-0.4, -0.2) is 34.1 Å². The molecule has 1 N–H and O–H groups in total. The summed E-state index contributed by atoms with van der Waals surface area (Å²) in [6.07, 6.45) is 5.59. The number of carboxylic acids is 1. The predicted molar refractivity (Wildman–Crippen MR) is 73.9 cm³/mol. The van der Waals surface area contributed by atoms with Crippen LogP contribution in [0.4, 0.5) is 5.82 Å². The van der Waals surface area contributed by atoms with Gasteiger partial charge in [-0.05, 0) is 32.1 Å². The standard InChI is InChI=1S/C15H19N3O2/c19-15(20)11-5-6-18(8-11)13-7-12(9-1-2-9)16-14(17-13)10-3-4-10/h7,9-11H,1-6,8H2,(H,19,20)/t11-/m1/s1. The summed E-state index contributed by atoms with van der Waals surface area (Å²) in [6, 6.07) is 2.09. The molecule has 3 fully saturated rings. The number of hydrogen-bond donors (Lipinski definition) is 1. The number of rotatable bonds is 4. The molecule has 0 bridgehead atoms. The SMILES string of the molecule is O=C(O)[C@@H]1CCN(c2cc(C3CC3)nc(C3CC3)n2)C1. The number of anilines is 1. The highest BCUT2D eigenvalue weighted by Gasteiger charge is 2.34. The van der Waals surface area contributed by atoms with E-state index in [4.69, 9.17) is 15.1 Å². The van der Waals surface area contributed by atoms with Gasteiger partial charge in [-0.25, -0.2) is 9.97 Å². The van der Waals surface area contributed by atoms with E-state index in [-0.39, 0.29) is 5.92 Å². The molecule has 3 aliphatic rings. The average molecular weight is 273 g/mol. The quantitative estimate of drug-likeness (QED) is 0.910. The molecule has 106 valence electrons. The van der Waals surface area contributed by atoms with E-state index in [2.05, 4.69) is 11.0 Å². The summed E-state index contributed by atoms with van der Waals surface area (Å²) < 4.78 is 0. The molecule has 0 unspecified atom stereocenters. The van der Waals surface area contributed by atoms with Crippen LogP contribution in [0.15, 0.2) is 6.07 Å². The smallest absolute Gasteiger partial charge is 0.308 e. The topological polar surface area (TPSA) is 66.3 Å². The third kappa shape index (κ3) is 2.25. The molecular formula is C15H19N3O2. The van der Waals surface area contributed by atoms with Crippen LogP contribution in [0.3, 0.4) is 0 Å². The Morgan fingerprint density at radius 1 is 1.15 bits per heavy atom. The van der Waals surface area contributed by atoms with E-state index in [0.29, 0.717) is 18.4 Å². The molecule has 5 heteroatoms. The summed E-state index contributed by atoms with van der Waals surface area (Å²) in [5, 5.41) is 9.12. The number of carboxylic acid groups (broad SMARTS) is 1. The van der Waals surface area contributed by atoms with Crippen molar-refractivity contribution in [2.24, 2.45) is 5.92 Å². The van der Waals surface area contributed by atoms with E-state index >= 15 is 0 Å². The molecule has 2 heterocycles. The van der Waals surface area contributed by atoms with Gasteiger partial charge in [-0.1, -0.05) is 0 Å². The first-order valence-electron chi connectivity index (χ1n) is 7.57. The summed E-state index contributed by atoms with van der Waals surface area (Å²) in [5.74, 6) is 2.17. The fourth-order valence-electron chi connectivity index (χ4n) is 2.92. The van der Waals surface area contributed by atoms with Gasteiger partial charge in [0, 0.05) is 36.7 Å². The van der Waals surface area contributed by atoms with Crippen LogP contribution in [0.25, 0.3) is 0 Å². The normalized spacial score (nSPS) is 26.0. The zero-order chi connectivity index (χ0) is 13.7. The third-order valence-electron chi connectivity index (χ3n) is 4.55. The Morgan fingerprint density at radius 3 is 2.50 bits per heavy atom. The largest absolute Gasteiger partial charge is 0.481 e. The van der Waals surface area contributed by atoms with Crippen molar-refractivity contribution in [2.75, 3.05) is 18.0 Å². The minimum Gasteiger partial charge on any atom is -0.481 e. The number of carbonyl (C=O) groups is 1. The molecule has 1 aromatic rings. The van der Waals surface area contributed by atoms with Crippen LogP contribution in [0, 0.1) is 5.92 Å². The van der Waals surface area contributed by atoms with Crippen molar-refractivity contribution in [3.05, 3.63) is 17.6 Å². The minimum atomic E-state index is -0.689. The van der Waals surface area contributed by atoms with Gasteiger partial charge in [0.2, 0.25) is 0 Å². The molecule has 1 aromatic heterocycles. The Labute approximate surface area is 118 Å². The van der Waals surface area contributed by atoms with Gasteiger partial charge in [0.15, 0.2) is 0 Å². The Kier molecular flexibility index (Phi) is 2.69. The molecule has 0 radical (unpaired) electrons. The molecule has 0 aromatic carbocycles. The van der Waals surface area contributed by atoms with Gasteiger partial charge in [-0.15, -0.1) is 0 Å². The first-order valence-corrected chi connectivity index (χ1v) is 7.57. The predicted octanol–water partition coefficient (Wildman–Crippen LogP) is 2.14. The highest BCUT2D eigenvalue weighted by Crippen LogP contribution is 2.43. The fourth-order valence-corrected chi connectivity index (χ4v) is 2.92. The molecule has 1 atom stereocenters. The van der Waals surface area contributed by atoms with Gasteiger partial charge < -0.3 is 10.0 Å². The molecule has 5 nitrogen and oxygen atoms in total. The van der Waals surface area contributed by atoms with Crippen molar-refractivity contribution >= 4 is 11.8 Å². The Hall–Kier alpha value is -1.65. The first kappa shape index (κ1) is 12.1. The number of aliphatic carboxylic acids is 1. The van der Waals surface area contributed by atoms with E-state index in [1.807, 2.05) is 0 Å². The van der Waals surface area contributed by atoms with Crippen LogP contribution < -0.4 is 4.90 Å². The lowest BCUT2D eigenvalue weighted by Crippen LogP contribution is -2.24. The Bertz CT molecular complexity index is 522. The van der Waals surface area contributed by atoms with E-state index in [1.54, 1.807) is 0 Å². The molecule has 20 heavy (non-hydrogen) atoms. The Morgan fingerprint density at radius 2 is 1.90 bits per heavy atom. The van der Waals surface area contributed by atoms with E-state index in [0.717, 1.165) is 24.6 Å². The highest BCUT2D eigenvalue weighted by atomic mass is 16.4. The lowest BCUT2D eigenvalue weighted by molar-refractivity contribution is -0.140. The molecule has 2 aliphatic carbocycles. The second kappa shape index (κ2) is 4.43. The molecule has 2 saturated carbocycles. The monoisotopic (exact) mass is 273 g/mol. The second-order valence-electron chi connectivity index (χ2n) is 6.33. The van der Waals surface area contributed by atoms with Gasteiger partial charge in [-0.2, -0.15) is 0 Å². The summed E-state index contributed by atoms with van der Waals surface area (Å²) in [4.78, 5) is 22.6. The zero-order valence-corrected chi connectivity index (χ0v) is 11.5. The molecular weight excluding hydrogens is 254 g/mol. The van der Waals surface area contributed by atoms with E-state index in [9.17, 15) is 4.79 Å². The Balaban J connectivity index is 1.61. The summed E-state index contributed by atoms with van der Waals surface area (Å²) in [6.45, 7) is 1.38. The maximum absolute atomic E-state index is 11.1. The number of nitrogens with zero attached hydrogens (tertiary/aromatic N) is 3. The third-order valence-corrected chi connectivity index (χ3v) is 4.55. The minimum absolute atomic E-state index is 0.251. The van der Waals surface area contributed by atoms with Crippen LogP contribution in [0.5, 0.6) is 0 Å². The van der Waals surface area contributed by atoms with Gasteiger partial charge in [0.25, 0.3) is 0 Å². The van der Waals surface area contributed by atoms with Crippen molar-refractivity contribution in [1.82, 2.24) is 9.97 Å². The maximum Gasteiger partial charge on any atom is 0.308 e. The molecule has 0 amide bonds. The lowest BCUT2D eigenvalue weighted by atomic mass is 10.1. The van der Waals surface area contributed by atoms with Crippen molar-refractivity contribution in [3.8, 4) is 0 Å². The van der Waals surface area contributed by atoms with Crippen molar-refractivity contribution < 1.29 is 9.90 Å². The lowest BCUT2D eigenvalue weighted by Gasteiger charge is -2.18. The van der Waals surface area contributed by atoms with Gasteiger partial charge >= 0.3 is 5.97 Å². The second-order valence-corrected chi connectivity index (χ2v) is 6.33. The molecule has 1 saturated heterocycles. The maximum atomic E-state index is 11.1. The van der Waals surface area contributed by atoms with Crippen molar-refractivity contribution in [1.29, 1.82) is 0 Å². The molecule has 1 aliphatic heterocycles. The number of hydrogen-bond acceptors (Lipinski definition) is 4. The summed E-state index contributed by atoms with van der Waals surface area (Å²) >= 11 is 0. The van der Waals surface area contributed by atoms with Crippen LogP contribution >= 0.6 is 0 Å². The first-order chi connectivity index (χ1) is 9.70. The van der Waals surface area contributed by atoms with Crippen molar-refractivity contribution in [2.45, 2.75) is 43.9 Å². The van der Waals surface area contributed by atoms with Crippen LogP contribution in [0.2, 0.25) is 0 Å². The number of aromatic nitrogens is 2. The molecule has 0 spiro atoms. The fraction of sp³-hybridized carbons (Fsp3) is 0.667. The van der Waals surface area contributed by atoms with E-state index < -0.39 is 5.97 Å². The van der Waals surface area contributed by atoms with Gasteiger partial charge in [0.1, 0.15) is 11.6 Å². The molecule has 4 rings (SSSR count). The zero-order valence-electron chi connectivity index (χ0n) is 11.5. The van der Waals surface area contributed by atoms with Gasteiger partial charge in [-0.3, -0.25) is 4.79 Å². The van der Waals surface area contributed by atoms with Crippen LogP contribution in [-0.2, 0) is 4.79 Å². The van der Waals surface area contributed by atoms with E-state index in [1.165, 1.54) is 31.4 Å². The average Bonchev–Trinajstić information content (AvgIpc) is 3.34. The van der Waals surface area contributed by atoms with Gasteiger partial charge in [0.05, 0.1) is 5.92 Å². The van der Waals surface area contributed by atoms with Crippen LogP contribution in [0.1, 0.15) is 55.5 Å². The highest BCUT2D eigenvalue weighted by molar-refractivity contribution is 5.71.